The minimum absolute atomic E-state index is 0.132. The minimum atomic E-state index is -0.730. The lowest BCUT2D eigenvalue weighted by Gasteiger charge is -2.21. The van der Waals surface area contributed by atoms with Gasteiger partial charge in [0, 0.05) is 10.7 Å². The zero-order chi connectivity index (χ0) is 21.4. The monoisotopic (exact) mass is 415 g/mol. The van der Waals surface area contributed by atoms with E-state index in [1.165, 1.54) is 0 Å². The maximum atomic E-state index is 12.5. The molecule has 0 saturated carbocycles. The molecule has 0 radical (unpaired) electrons. The van der Waals surface area contributed by atoms with Gasteiger partial charge in [0.1, 0.15) is 6.04 Å². The first-order valence-corrected chi connectivity index (χ1v) is 9.81. The fraction of sp³-hybridized carbons (Fsp3) is 0.318. The first-order valence-electron chi connectivity index (χ1n) is 9.44. The normalized spacial score (nSPS) is 11.6. The number of nitrogens with one attached hydrogen (secondary N) is 3. The molecule has 0 aliphatic rings. The van der Waals surface area contributed by atoms with Gasteiger partial charge in [-0.25, -0.2) is 0 Å². The van der Waals surface area contributed by atoms with Gasteiger partial charge in [0.2, 0.25) is 17.7 Å². The molecule has 0 aromatic heterocycles. The van der Waals surface area contributed by atoms with Crippen LogP contribution < -0.4 is 16.0 Å². The molecule has 6 nitrogen and oxygen atoms in total. The topological polar surface area (TPSA) is 87.3 Å². The van der Waals surface area contributed by atoms with E-state index in [9.17, 15) is 14.4 Å². The van der Waals surface area contributed by atoms with Crippen LogP contribution in [0.25, 0.3) is 0 Å². The molecule has 2 aromatic rings. The van der Waals surface area contributed by atoms with Crippen LogP contribution in [-0.4, -0.2) is 30.3 Å². The standard InChI is InChI=1S/C22H26ClN3O3/c1-14(2)21(26-19(27)12-16-8-5-4-6-9-16)22(29)24-13-20(28)25-18-11-7-10-17(23)15(18)3/h4-11,14,21H,12-13H2,1-3H3,(H,24,29)(H,25,28)(H,26,27). The average Bonchev–Trinajstić information content (AvgIpc) is 2.68. The largest absolute Gasteiger partial charge is 0.345 e. The van der Waals surface area contributed by atoms with E-state index in [0.717, 1.165) is 11.1 Å². The van der Waals surface area contributed by atoms with Crippen molar-refractivity contribution in [1.29, 1.82) is 0 Å². The molecule has 29 heavy (non-hydrogen) atoms. The summed E-state index contributed by atoms with van der Waals surface area (Å²) in [6.45, 7) is 5.26. The van der Waals surface area contributed by atoms with E-state index >= 15 is 0 Å². The van der Waals surface area contributed by atoms with Crippen LogP contribution in [0.15, 0.2) is 48.5 Å². The van der Waals surface area contributed by atoms with E-state index in [2.05, 4.69) is 16.0 Å². The number of rotatable bonds is 8. The van der Waals surface area contributed by atoms with Crippen LogP contribution in [0.3, 0.4) is 0 Å². The predicted octanol–water partition coefficient (Wildman–Crippen LogP) is 3.09. The maximum Gasteiger partial charge on any atom is 0.243 e. The van der Waals surface area contributed by atoms with Gasteiger partial charge in [-0.3, -0.25) is 14.4 Å². The quantitative estimate of drug-likeness (QED) is 0.619. The number of benzene rings is 2. The van der Waals surface area contributed by atoms with Crippen molar-refractivity contribution in [2.24, 2.45) is 5.92 Å². The summed E-state index contributed by atoms with van der Waals surface area (Å²) in [5.74, 6) is -1.15. The Morgan fingerprint density at radius 1 is 0.966 bits per heavy atom. The molecule has 2 aromatic carbocycles. The summed E-state index contributed by atoms with van der Waals surface area (Å²) in [6.07, 6.45) is 0.186. The van der Waals surface area contributed by atoms with Crippen LogP contribution in [0.1, 0.15) is 25.0 Å². The Hall–Kier alpha value is -2.86. The highest BCUT2D eigenvalue weighted by molar-refractivity contribution is 6.31. The Kier molecular flexibility index (Phi) is 8.21. The number of anilines is 1. The molecule has 0 spiro atoms. The lowest BCUT2D eigenvalue weighted by atomic mass is 10.0. The molecule has 3 amide bonds. The second kappa shape index (κ2) is 10.6. The first kappa shape index (κ1) is 22.4. The second-order valence-corrected chi connectivity index (χ2v) is 7.54. The number of hydrogen-bond donors (Lipinski definition) is 3. The van der Waals surface area contributed by atoms with Crippen molar-refractivity contribution in [2.75, 3.05) is 11.9 Å². The van der Waals surface area contributed by atoms with Crippen molar-refractivity contribution in [1.82, 2.24) is 10.6 Å². The molecule has 0 aliphatic carbocycles. The Labute approximate surface area is 176 Å². The molecule has 0 bridgehead atoms. The van der Waals surface area contributed by atoms with Crippen LogP contribution in [0.2, 0.25) is 5.02 Å². The maximum absolute atomic E-state index is 12.5. The van der Waals surface area contributed by atoms with Crippen LogP contribution in [-0.2, 0) is 20.8 Å². The van der Waals surface area contributed by atoms with E-state index in [1.54, 1.807) is 25.1 Å². The van der Waals surface area contributed by atoms with E-state index in [1.807, 2.05) is 44.2 Å². The van der Waals surface area contributed by atoms with Crippen molar-refractivity contribution in [3.63, 3.8) is 0 Å². The Bertz CT molecular complexity index is 869. The zero-order valence-electron chi connectivity index (χ0n) is 16.8. The van der Waals surface area contributed by atoms with Crippen LogP contribution >= 0.6 is 11.6 Å². The SMILES string of the molecule is Cc1c(Cl)cccc1NC(=O)CNC(=O)C(NC(=O)Cc1ccccc1)C(C)C. The Balaban J connectivity index is 1.89. The minimum Gasteiger partial charge on any atom is -0.345 e. The highest BCUT2D eigenvalue weighted by atomic mass is 35.5. The first-order chi connectivity index (χ1) is 13.8. The van der Waals surface area contributed by atoms with Crippen molar-refractivity contribution in [3.8, 4) is 0 Å². The summed E-state index contributed by atoms with van der Waals surface area (Å²) in [6, 6.07) is 13.8. The molecular weight excluding hydrogens is 390 g/mol. The third-order valence-corrected chi connectivity index (χ3v) is 4.85. The molecule has 0 heterocycles. The average molecular weight is 416 g/mol. The summed E-state index contributed by atoms with van der Waals surface area (Å²) >= 11 is 6.05. The van der Waals surface area contributed by atoms with Gasteiger partial charge >= 0.3 is 0 Å². The van der Waals surface area contributed by atoms with Gasteiger partial charge in [0.05, 0.1) is 13.0 Å². The summed E-state index contributed by atoms with van der Waals surface area (Å²) in [7, 11) is 0. The van der Waals surface area contributed by atoms with Crippen LogP contribution in [0.4, 0.5) is 5.69 Å². The van der Waals surface area contributed by atoms with Gasteiger partial charge in [-0.2, -0.15) is 0 Å². The predicted molar refractivity (Wildman–Crippen MR) is 115 cm³/mol. The number of amides is 3. The van der Waals surface area contributed by atoms with Crippen molar-refractivity contribution < 1.29 is 14.4 Å². The molecular formula is C22H26ClN3O3. The van der Waals surface area contributed by atoms with E-state index in [-0.39, 0.29) is 30.7 Å². The van der Waals surface area contributed by atoms with Gasteiger partial charge < -0.3 is 16.0 Å². The number of halogens is 1. The van der Waals surface area contributed by atoms with Gasteiger partial charge in [-0.05, 0) is 36.1 Å². The lowest BCUT2D eigenvalue weighted by Crippen LogP contribution is -2.51. The van der Waals surface area contributed by atoms with Crippen LogP contribution in [0.5, 0.6) is 0 Å². The Morgan fingerprint density at radius 2 is 1.66 bits per heavy atom. The van der Waals surface area contributed by atoms with E-state index in [0.29, 0.717) is 10.7 Å². The molecule has 1 atom stereocenters. The number of hydrogen-bond acceptors (Lipinski definition) is 3. The molecule has 0 fully saturated rings. The van der Waals surface area contributed by atoms with E-state index < -0.39 is 11.9 Å². The van der Waals surface area contributed by atoms with Gasteiger partial charge in [-0.15, -0.1) is 0 Å². The fourth-order valence-corrected chi connectivity index (χ4v) is 2.93. The number of carbonyl (C=O) groups excluding carboxylic acids is 3. The van der Waals surface area contributed by atoms with Gasteiger partial charge in [0.25, 0.3) is 0 Å². The number of carbonyl (C=O) groups is 3. The van der Waals surface area contributed by atoms with Gasteiger partial charge in [-0.1, -0.05) is 61.8 Å². The van der Waals surface area contributed by atoms with Crippen molar-refractivity contribution >= 4 is 35.0 Å². The highest BCUT2D eigenvalue weighted by Gasteiger charge is 2.24. The molecule has 0 saturated heterocycles. The summed E-state index contributed by atoms with van der Waals surface area (Å²) in [4.78, 5) is 37.0. The molecule has 3 N–H and O–H groups in total. The third-order valence-electron chi connectivity index (χ3n) is 4.44. The summed E-state index contributed by atoms with van der Waals surface area (Å²) < 4.78 is 0. The molecule has 0 aliphatic heterocycles. The Morgan fingerprint density at radius 3 is 2.31 bits per heavy atom. The van der Waals surface area contributed by atoms with Gasteiger partial charge in [0.15, 0.2) is 0 Å². The molecule has 2 rings (SSSR count). The summed E-state index contributed by atoms with van der Waals surface area (Å²) in [5, 5.41) is 8.61. The molecule has 7 heteroatoms. The fourth-order valence-electron chi connectivity index (χ4n) is 2.76. The van der Waals surface area contributed by atoms with Crippen molar-refractivity contribution in [2.45, 2.75) is 33.2 Å². The van der Waals surface area contributed by atoms with Crippen molar-refractivity contribution in [3.05, 3.63) is 64.7 Å². The zero-order valence-corrected chi connectivity index (χ0v) is 17.5. The summed E-state index contributed by atoms with van der Waals surface area (Å²) in [5.41, 5.74) is 2.21. The smallest absolute Gasteiger partial charge is 0.243 e. The third kappa shape index (κ3) is 6.91. The molecule has 154 valence electrons. The molecule has 1 unspecified atom stereocenters. The second-order valence-electron chi connectivity index (χ2n) is 7.13. The highest BCUT2D eigenvalue weighted by Crippen LogP contribution is 2.22. The van der Waals surface area contributed by atoms with E-state index in [4.69, 9.17) is 11.6 Å². The lowest BCUT2D eigenvalue weighted by molar-refractivity contribution is -0.130. The van der Waals surface area contributed by atoms with Crippen LogP contribution in [0, 0.1) is 12.8 Å².